The molecule has 1 aromatic carbocycles. The van der Waals surface area contributed by atoms with Crippen LogP contribution in [0.25, 0.3) is 6.08 Å². The Hall–Kier alpha value is -1.28. The maximum atomic E-state index is 5.82. The number of hydrogen-bond donors (Lipinski definition) is 1. The second-order valence-electron chi connectivity index (χ2n) is 5.72. The summed E-state index contributed by atoms with van der Waals surface area (Å²) in [7, 11) is 0. The Morgan fingerprint density at radius 2 is 1.89 bits per heavy atom. The zero-order valence-corrected chi connectivity index (χ0v) is 12.9. The fourth-order valence-electron chi connectivity index (χ4n) is 1.84. The molecule has 1 rings (SSSR count). The highest BCUT2D eigenvalue weighted by Crippen LogP contribution is 2.21. The molecule has 1 aromatic rings. The number of rotatable bonds is 7. The van der Waals surface area contributed by atoms with Gasteiger partial charge in [-0.3, -0.25) is 0 Å². The zero-order valence-electron chi connectivity index (χ0n) is 12.9. The topological polar surface area (TPSA) is 21.3 Å². The first-order chi connectivity index (χ1) is 8.99. The number of hydrogen-bond acceptors (Lipinski definition) is 2. The van der Waals surface area contributed by atoms with Gasteiger partial charge < -0.3 is 10.1 Å². The van der Waals surface area contributed by atoms with Gasteiger partial charge in [-0.1, -0.05) is 43.7 Å². The molecule has 0 aliphatic carbocycles. The van der Waals surface area contributed by atoms with Gasteiger partial charge in [-0.15, -0.1) is 0 Å². The third kappa shape index (κ3) is 6.44. The Kier molecular flexibility index (Phi) is 6.65. The standard InChI is InChI=1S/C17H27NO/c1-13(2)11-18-12-15(5)10-16-8-6-7-9-17(16)19-14(3)4/h6-10,13-14,18H,11-12H2,1-5H3. The van der Waals surface area contributed by atoms with Crippen molar-refractivity contribution in [3.05, 3.63) is 35.4 Å². The highest BCUT2D eigenvalue weighted by atomic mass is 16.5. The van der Waals surface area contributed by atoms with Crippen LogP contribution < -0.4 is 10.1 Å². The van der Waals surface area contributed by atoms with Crippen LogP contribution in [-0.2, 0) is 0 Å². The van der Waals surface area contributed by atoms with Gasteiger partial charge in [0.2, 0.25) is 0 Å². The van der Waals surface area contributed by atoms with Gasteiger partial charge in [0.1, 0.15) is 5.75 Å². The fourth-order valence-corrected chi connectivity index (χ4v) is 1.84. The Balaban J connectivity index is 2.68. The molecule has 1 N–H and O–H groups in total. The minimum absolute atomic E-state index is 0.203. The summed E-state index contributed by atoms with van der Waals surface area (Å²) < 4.78 is 5.82. The fraction of sp³-hybridized carbons (Fsp3) is 0.529. The first kappa shape index (κ1) is 15.8. The number of ether oxygens (including phenoxy) is 1. The van der Waals surface area contributed by atoms with E-state index in [2.05, 4.69) is 52.1 Å². The molecule has 0 aliphatic heterocycles. The van der Waals surface area contributed by atoms with Crippen molar-refractivity contribution in [3.63, 3.8) is 0 Å². The van der Waals surface area contributed by atoms with E-state index >= 15 is 0 Å². The quantitative estimate of drug-likeness (QED) is 0.797. The van der Waals surface area contributed by atoms with Crippen LogP contribution in [0.5, 0.6) is 5.75 Å². The van der Waals surface area contributed by atoms with Crippen molar-refractivity contribution in [2.75, 3.05) is 13.1 Å². The molecule has 0 heterocycles. The molecule has 0 fully saturated rings. The van der Waals surface area contributed by atoms with Gasteiger partial charge in [0.05, 0.1) is 6.10 Å². The van der Waals surface area contributed by atoms with Crippen LogP contribution >= 0.6 is 0 Å². The molecule has 0 spiro atoms. The summed E-state index contributed by atoms with van der Waals surface area (Å²) in [6.07, 6.45) is 2.40. The summed E-state index contributed by atoms with van der Waals surface area (Å²) in [6.45, 7) is 12.7. The first-order valence-electron chi connectivity index (χ1n) is 7.12. The Labute approximate surface area is 117 Å². The maximum absolute atomic E-state index is 5.82. The summed E-state index contributed by atoms with van der Waals surface area (Å²) in [5.74, 6) is 1.64. The van der Waals surface area contributed by atoms with Crippen LogP contribution in [0.15, 0.2) is 29.8 Å². The van der Waals surface area contributed by atoms with E-state index in [1.807, 2.05) is 18.2 Å². The predicted octanol–water partition coefficient (Wildman–Crippen LogP) is 4.12. The molecular formula is C17H27NO. The van der Waals surface area contributed by atoms with Gasteiger partial charge in [0, 0.05) is 12.1 Å². The molecule has 0 aromatic heterocycles. The number of nitrogens with one attached hydrogen (secondary N) is 1. The summed E-state index contributed by atoms with van der Waals surface area (Å²) >= 11 is 0. The van der Waals surface area contributed by atoms with Crippen LogP contribution in [0.1, 0.15) is 40.2 Å². The second-order valence-corrected chi connectivity index (χ2v) is 5.72. The molecule has 0 atom stereocenters. The van der Waals surface area contributed by atoms with E-state index in [1.54, 1.807) is 0 Å². The van der Waals surface area contributed by atoms with Crippen molar-refractivity contribution in [1.82, 2.24) is 5.32 Å². The lowest BCUT2D eigenvalue weighted by molar-refractivity contribution is 0.242. The van der Waals surface area contributed by atoms with E-state index in [-0.39, 0.29) is 6.10 Å². The molecule has 0 aliphatic rings. The van der Waals surface area contributed by atoms with Crippen molar-refractivity contribution in [1.29, 1.82) is 0 Å². The van der Waals surface area contributed by atoms with Crippen molar-refractivity contribution >= 4 is 6.08 Å². The molecular weight excluding hydrogens is 234 g/mol. The third-order valence-corrected chi connectivity index (χ3v) is 2.64. The summed E-state index contributed by atoms with van der Waals surface area (Å²) in [6, 6.07) is 8.19. The van der Waals surface area contributed by atoms with Crippen molar-refractivity contribution in [3.8, 4) is 5.75 Å². The Bertz CT molecular complexity index is 407. The maximum Gasteiger partial charge on any atom is 0.126 e. The van der Waals surface area contributed by atoms with Crippen LogP contribution in [-0.4, -0.2) is 19.2 Å². The minimum Gasteiger partial charge on any atom is -0.490 e. The van der Waals surface area contributed by atoms with Crippen LogP contribution in [0.4, 0.5) is 0 Å². The van der Waals surface area contributed by atoms with Gasteiger partial charge in [0.15, 0.2) is 0 Å². The molecule has 0 saturated carbocycles. The van der Waals surface area contributed by atoms with E-state index in [1.165, 1.54) is 5.57 Å². The van der Waals surface area contributed by atoms with E-state index < -0.39 is 0 Å². The van der Waals surface area contributed by atoms with Crippen LogP contribution in [0.2, 0.25) is 0 Å². The smallest absolute Gasteiger partial charge is 0.126 e. The molecule has 0 radical (unpaired) electrons. The summed E-state index contributed by atoms with van der Waals surface area (Å²) in [5, 5.41) is 3.46. The lowest BCUT2D eigenvalue weighted by Gasteiger charge is -2.13. The van der Waals surface area contributed by atoms with Gasteiger partial charge in [0.25, 0.3) is 0 Å². The number of benzene rings is 1. The SMILES string of the molecule is CC(=Cc1ccccc1OC(C)C)CNCC(C)C. The van der Waals surface area contributed by atoms with Crippen molar-refractivity contribution in [2.24, 2.45) is 5.92 Å². The molecule has 0 amide bonds. The lowest BCUT2D eigenvalue weighted by atomic mass is 10.1. The van der Waals surface area contributed by atoms with E-state index in [9.17, 15) is 0 Å². The molecule has 2 heteroatoms. The Morgan fingerprint density at radius 3 is 2.53 bits per heavy atom. The van der Waals surface area contributed by atoms with E-state index in [0.717, 1.165) is 24.4 Å². The van der Waals surface area contributed by atoms with Gasteiger partial charge in [-0.05, 0) is 39.3 Å². The predicted molar refractivity (Wildman–Crippen MR) is 83.6 cm³/mol. The summed E-state index contributed by atoms with van der Waals surface area (Å²) in [5.41, 5.74) is 2.47. The Morgan fingerprint density at radius 1 is 1.21 bits per heavy atom. The highest BCUT2D eigenvalue weighted by molar-refractivity contribution is 5.59. The largest absolute Gasteiger partial charge is 0.490 e. The molecule has 19 heavy (non-hydrogen) atoms. The van der Waals surface area contributed by atoms with Gasteiger partial charge >= 0.3 is 0 Å². The molecule has 0 unspecified atom stereocenters. The number of para-hydroxylation sites is 1. The van der Waals surface area contributed by atoms with Crippen molar-refractivity contribution < 1.29 is 4.74 Å². The average Bonchev–Trinajstić information content (AvgIpc) is 2.30. The molecule has 0 bridgehead atoms. The molecule has 106 valence electrons. The van der Waals surface area contributed by atoms with E-state index in [4.69, 9.17) is 4.74 Å². The highest BCUT2D eigenvalue weighted by Gasteiger charge is 2.03. The molecule has 2 nitrogen and oxygen atoms in total. The average molecular weight is 261 g/mol. The summed E-state index contributed by atoms with van der Waals surface area (Å²) in [4.78, 5) is 0. The van der Waals surface area contributed by atoms with E-state index in [0.29, 0.717) is 5.92 Å². The lowest BCUT2D eigenvalue weighted by Crippen LogP contribution is -2.21. The van der Waals surface area contributed by atoms with Crippen LogP contribution in [0, 0.1) is 5.92 Å². The minimum atomic E-state index is 0.203. The normalized spacial score (nSPS) is 12.3. The third-order valence-electron chi connectivity index (χ3n) is 2.64. The van der Waals surface area contributed by atoms with Crippen molar-refractivity contribution in [2.45, 2.75) is 40.7 Å². The molecule has 0 saturated heterocycles. The first-order valence-corrected chi connectivity index (χ1v) is 7.12. The van der Waals surface area contributed by atoms with Gasteiger partial charge in [-0.25, -0.2) is 0 Å². The van der Waals surface area contributed by atoms with Gasteiger partial charge in [-0.2, -0.15) is 0 Å². The second kappa shape index (κ2) is 8.00. The van der Waals surface area contributed by atoms with Crippen LogP contribution in [0.3, 0.4) is 0 Å². The zero-order chi connectivity index (χ0) is 14.3. The monoisotopic (exact) mass is 261 g/mol.